The predicted octanol–water partition coefficient (Wildman–Crippen LogP) is 5.93. The van der Waals surface area contributed by atoms with Crippen molar-refractivity contribution in [3.05, 3.63) is 65.7 Å². The highest BCUT2D eigenvalue weighted by atomic mass is 35.5. The second-order valence-corrected chi connectivity index (χ2v) is 7.95. The Labute approximate surface area is 170 Å². The van der Waals surface area contributed by atoms with Crippen molar-refractivity contribution in [3.63, 3.8) is 0 Å². The zero-order valence-corrected chi connectivity index (χ0v) is 16.9. The Morgan fingerprint density at radius 2 is 1.59 bits per heavy atom. The number of nitrogens with one attached hydrogen (secondary N) is 1. The molecule has 0 radical (unpaired) electrons. The van der Waals surface area contributed by atoms with Crippen molar-refractivity contribution in [3.8, 4) is 5.75 Å². The lowest BCUT2D eigenvalue weighted by Crippen LogP contribution is -2.38. The number of hydrogen-bond donors (Lipinski definition) is 1. The van der Waals surface area contributed by atoms with E-state index in [0.29, 0.717) is 17.8 Å². The molecule has 2 fully saturated rings. The number of piperidine rings is 1. The summed E-state index contributed by atoms with van der Waals surface area (Å²) in [4.78, 5) is 0. The molecule has 1 saturated carbocycles. The molecule has 27 heavy (non-hydrogen) atoms. The van der Waals surface area contributed by atoms with E-state index < -0.39 is 0 Å². The molecule has 2 aromatic carbocycles. The topological polar surface area (TPSA) is 21.3 Å². The van der Waals surface area contributed by atoms with E-state index in [9.17, 15) is 0 Å². The smallest absolute Gasteiger partial charge is 0.122 e. The summed E-state index contributed by atoms with van der Waals surface area (Å²) in [6.45, 7) is 2.95. The predicted molar refractivity (Wildman–Crippen MR) is 115 cm³/mol. The monoisotopic (exact) mass is 385 g/mol. The summed E-state index contributed by atoms with van der Waals surface area (Å²) in [6.07, 6.45) is 7.95. The third kappa shape index (κ3) is 5.06. The number of halogens is 1. The van der Waals surface area contributed by atoms with E-state index in [1.54, 1.807) is 0 Å². The van der Waals surface area contributed by atoms with Crippen LogP contribution in [0.2, 0.25) is 0 Å². The molecule has 0 aromatic heterocycles. The maximum Gasteiger partial charge on any atom is 0.122 e. The lowest BCUT2D eigenvalue weighted by Gasteiger charge is -2.33. The molecule has 1 aliphatic heterocycles. The van der Waals surface area contributed by atoms with Crippen LogP contribution in [-0.4, -0.2) is 19.7 Å². The van der Waals surface area contributed by atoms with E-state index in [4.69, 9.17) is 4.74 Å². The number of para-hydroxylation sites is 1. The maximum atomic E-state index is 6.44. The summed E-state index contributed by atoms with van der Waals surface area (Å²) < 4.78 is 6.44. The highest BCUT2D eigenvalue weighted by Crippen LogP contribution is 2.38. The van der Waals surface area contributed by atoms with Crippen LogP contribution in [0.3, 0.4) is 0 Å². The Morgan fingerprint density at radius 1 is 0.852 bits per heavy atom. The summed E-state index contributed by atoms with van der Waals surface area (Å²) in [5.74, 6) is 2.94. The van der Waals surface area contributed by atoms with Gasteiger partial charge in [-0.05, 0) is 54.8 Å². The molecule has 1 aliphatic carbocycles. The Hall–Kier alpha value is -1.51. The zero-order valence-electron chi connectivity index (χ0n) is 16.1. The van der Waals surface area contributed by atoms with E-state index in [-0.39, 0.29) is 12.4 Å². The van der Waals surface area contributed by atoms with Crippen LogP contribution < -0.4 is 10.1 Å². The van der Waals surface area contributed by atoms with Gasteiger partial charge >= 0.3 is 0 Å². The second kappa shape index (κ2) is 10.1. The molecule has 2 atom stereocenters. The molecule has 3 heteroatoms. The first-order valence-electron chi connectivity index (χ1n) is 10.4. The minimum Gasteiger partial charge on any atom is -0.493 e. The summed E-state index contributed by atoms with van der Waals surface area (Å²) in [5.41, 5.74) is 2.90. The first-order chi connectivity index (χ1) is 12.9. The Kier molecular flexibility index (Phi) is 7.60. The van der Waals surface area contributed by atoms with E-state index in [0.717, 1.165) is 25.4 Å². The number of benzene rings is 2. The molecule has 1 N–H and O–H groups in total. The Morgan fingerprint density at radius 3 is 2.41 bits per heavy atom. The summed E-state index contributed by atoms with van der Waals surface area (Å²) in [5, 5.41) is 3.57. The van der Waals surface area contributed by atoms with Gasteiger partial charge in [-0.2, -0.15) is 0 Å². The fraction of sp³-hybridized carbons (Fsp3) is 0.500. The van der Waals surface area contributed by atoms with Crippen molar-refractivity contribution in [1.29, 1.82) is 0 Å². The molecule has 146 valence electrons. The lowest BCUT2D eigenvalue weighted by atomic mass is 9.81. The zero-order chi connectivity index (χ0) is 17.6. The van der Waals surface area contributed by atoms with Crippen molar-refractivity contribution < 1.29 is 4.74 Å². The van der Waals surface area contributed by atoms with Crippen LogP contribution in [-0.2, 0) is 0 Å². The van der Waals surface area contributed by atoms with Crippen LogP contribution in [0.5, 0.6) is 5.75 Å². The lowest BCUT2D eigenvalue weighted by molar-refractivity contribution is 0.194. The molecule has 0 bridgehead atoms. The van der Waals surface area contributed by atoms with Gasteiger partial charge in [0.1, 0.15) is 5.75 Å². The minimum atomic E-state index is 0. The molecular weight excluding hydrogens is 354 g/mol. The first-order valence-corrected chi connectivity index (χ1v) is 10.4. The number of hydrogen-bond acceptors (Lipinski definition) is 2. The second-order valence-electron chi connectivity index (χ2n) is 7.95. The maximum absolute atomic E-state index is 6.44. The molecule has 2 aliphatic rings. The molecular formula is C24H32ClNO. The molecule has 4 rings (SSSR count). The molecule has 1 saturated heterocycles. The quantitative estimate of drug-likeness (QED) is 0.688. The summed E-state index contributed by atoms with van der Waals surface area (Å²) >= 11 is 0. The van der Waals surface area contributed by atoms with Crippen LogP contribution >= 0.6 is 12.4 Å². The van der Waals surface area contributed by atoms with Crippen molar-refractivity contribution in [2.24, 2.45) is 5.92 Å². The summed E-state index contributed by atoms with van der Waals surface area (Å²) in [6, 6.07) is 19.7. The van der Waals surface area contributed by atoms with Crippen LogP contribution in [0.15, 0.2) is 54.6 Å². The fourth-order valence-electron chi connectivity index (χ4n) is 4.80. The van der Waals surface area contributed by atoms with Crippen molar-refractivity contribution >= 4 is 12.4 Å². The van der Waals surface area contributed by atoms with Gasteiger partial charge in [-0.25, -0.2) is 0 Å². The number of rotatable bonds is 5. The van der Waals surface area contributed by atoms with Crippen LogP contribution in [0.1, 0.15) is 61.5 Å². The number of ether oxygens (including phenoxy) is 1. The minimum absolute atomic E-state index is 0. The van der Waals surface area contributed by atoms with E-state index in [1.165, 1.54) is 49.7 Å². The molecule has 1 heterocycles. The van der Waals surface area contributed by atoms with Crippen LogP contribution in [0.25, 0.3) is 0 Å². The van der Waals surface area contributed by atoms with Gasteiger partial charge < -0.3 is 10.1 Å². The largest absolute Gasteiger partial charge is 0.493 e. The van der Waals surface area contributed by atoms with Gasteiger partial charge in [-0.15, -0.1) is 12.4 Å². The normalized spacial score (nSPS) is 23.4. The summed E-state index contributed by atoms with van der Waals surface area (Å²) in [7, 11) is 0. The van der Waals surface area contributed by atoms with Gasteiger partial charge in [0.05, 0.1) is 6.61 Å². The van der Waals surface area contributed by atoms with Gasteiger partial charge in [0.2, 0.25) is 0 Å². The van der Waals surface area contributed by atoms with Crippen molar-refractivity contribution in [1.82, 2.24) is 5.32 Å². The average Bonchev–Trinajstić information content (AvgIpc) is 2.74. The first kappa shape index (κ1) is 20.2. The van der Waals surface area contributed by atoms with Gasteiger partial charge in [0, 0.05) is 12.5 Å². The van der Waals surface area contributed by atoms with Gasteiger partial charge in [0.25, 0.3) is 0 Å². The highest BCUT2D eigenvalue weighted by molar-refractivity contribution is 5.85. The van der Waals surface area contributed by atoms with Crippen LogP contribution in [0, 0.1) is 5.92 Å². The third-order valence-corrected chi connectivity index (χ3v) is 6.25. The molecule has 0 unspecified atom stereocenters. The van der Waals surface area contributed by atoms with Gasteiger partial charge in [-0.3, -0.25) is 0 Å². The molecule has 2 aromatic rings. The van der Waals surface area contributed by atoms with E-state index in [1.807, 2.05) is 0 Å². The van der Waals surface area contributed by atoms with Crippen LogP contribution in [0.4, 0.5) is 0 Å². The van der Waals surface area contributed by atoms with Gasteiger partial charge in [0.15, 0.2) is 0 Å². The Balaban J connectivity index is 0.00000210. The Bertz CT molecular complexity index is 684. The SMILES string of the molecule is Cl.c1ccc([C@H]2CCNC[C@H]2COc2ccccc2C2CCCCC2)cc1. The highest BCUT2D eigenvalue weighted by Gasteiger charge is 2.27. The standard InChI is InChI=1S/C24H31NO.ClH/c1-3-9-19(10-4-1)22-15-16-25-17-21(22)18-26-24-14-8-7-13-23(24)20-11-5-2-6-12-20;/h1,3-4,7-10,13-14,20-22,25H,2,5-6,11-12,15-18H2;1H/t21-,22+;/m0./s1. The fourth-order valence-corrected chi connectivity index (χ4v) is 4.80. The molecule has 2 nitrogen and oxygen atoms in total. The van der Waals surface area contributed by atoms with E-state index >= 15 is 0 Å². The molecule has 0 spiro atoms. The third-order valence-electron chi connectivity index (χ3n) is 6.25. The van der Waals surface area contributed by atoms with E-state index in [2.05, 4.69) is 59.9 Å². The average molecular weight is 386 g/mol. The van der Waals surface area contributed by atoms with Crippen molar-refractivity contribution in [2.75, 3.05) is 19.7 Å². The van der Waals surface area contributed by atoms with Crippen molar-refractivity contribution in [2.45, 2.75) is 50.4 Å². The van der Waals surface area contributed by atoms with Gasteiger partial charge in [-0.1, -0.05) is 67.8 Å². The molecule has 0 amide bonds.